The van der Waals surface area contributed by atoms with E-state index in [1.54, 1.807) is 0 Å². The first-order chi connectivity index (χ1) is 12.2. The number of unbranched alkanes of at least 4 members (excludes halogenated alkanes) is 12. The van der Waals surface area contributed by atoms with Crippen LogP contribution >= 0.6 is 12.6 Å². The maximum absolute atomic E-state index is 11.5. The molecule has 1 atom stereocenters. The summed E-state index contributed by atoms with van der Waals surface area (Å²) in [7, 11) is 0. The summed E-state index contributed by atoms with van der Waals surface area (Å²) in [5.74, 6) is 0.367. The summed E-state index contributed by atoms with van der Waals surface area (Å²) >= 11 is 4.11. The number of carbonyl (C=O) groups is 1. The molecule has 3 heteroatoms. The Hall–Kier alpha value is -0.440. The third-order valence-electron chi connectivity index (χ3n) is 4.58. The fraction of sp³-hybridized carbons (Fsp3) is 0.864. The Morgan fingerprint density at radius 1 is 0.840 bits per heavy atom. The average molecular weight is 371 g/mol. The molecule has 0 aliphatic carbocycles. The first-order valence-corrected chi connectivity index (χ1v) is 11.3. The van der Waals surface area contributed by atoms with Gasteiger partial charge in [-0.15, -0.1) is 0 Å². The minimum atomic E-state index is -0.109. The topological polar surface area (TPSA) is 26.3 Å². The van der Waals surface area contributed by atoms with Gasteiger partial charge in [0.25, 0.3) is 0 Å². The fourth-order valence-corrected chi connectivity index (χ4v) is 2.89. The van der Waals surface area contributed by atoms with E-state index in [-0.39, 0.29) is 11.9 Å². The highest BCUT2D eigenvalue weighted by Gasteiger charge is 2.11. The number of carbonyl (C=O) groups excluding carboxylic acids is 1. The molecule has 0 aliphatic rings. The van der Waals surface area contributed by atoms with E-state index >= 15 is 0 Å². The molecular weight excluding hydrogens is 328 g/mol. The molecule has 0 amide bonds. The molecule has 0 spiro atoms. The van der Waals surface area contributed by atoms with Gasteiger partial charge in [-0.05, 0) is 32.1 Å². The summed E-state index contributed by atoms with van der Waals surface area (Å²) in [5, 5.41) is 0. The number of rotatable bonds is 18. The minimum absolute atomic E-state index is 0.0857. The number of allylic oxidation sites excluding steroid dienone is 2. The highest BCUT2D eigenvalue weighted by molar-refractivity contribution is 7.80. The Morgan fingerprint density at radius 2 is 1.32 bits per heavy atom. The van der Waals surface area contributed by atoms with Crippen LogP contribution in [-0.4, -0.2) is 18.3 Å². The molecule has 0 saturated carbocycles. The molecular formula is C22H42O2S. The van der Waals surface area contributed by atoms with Gasteiger partial charge in [0.05, 0.1) is 12.5 Å². The van der Waals surface area contributed by atoms with Gasteiger partial charge in [0.1, 0.15) is 0 Å². The molecule has 0 saturated heterocycles. The Labute approximate surface area is 162 Å². The molecule has 0 radical (unpaired) electrons. The summed E-state index contributed by atoms with van der Waals surface area (Å²) in [5.41, 5.74) is 0. The molecule has 0 aliphatic heterocycles. The molecule has 148 valence electrons. The molecule has 0 bridgehead atoms. The van der Waals surface area contributed by atoms with E-state index in [9.17, 15) is 4.79 Å². The quantitative estimate of drug-likeness (QED) is 0.120. The lowest BCUT2D eigenvalue weighted by molar-refractivity contribution is -0.147. The number of ether oxygens (including phenoxy) is 1. The van der Waals surface area contributed by atoms with Gasteiger partial charge >= 0.3 is 5.97 Å². The first kappa shape index (κ1) is 24.6. The third-order valence-corrected chi connectivity index (χ3v) is 5.12. The molecule has 0 aromatic heterocycles. The summed E-state index contributed by atoms with van der Waals surface area (Å²) in [6, 6.07) is 0. The number of thiol groups is 1. The minimum Gasteiger partial charge on any atom is -0.465 e. The lowest BCUT2D eigenvalue weighted by Gasteiger charge is -2.08. The van der Waals surface area contributed by atoms with Crippen LogP contribution in [-0.2, 0) is 9.53 Å². The molecule has 2 nitrogen and oxygen atoms in total. The van der Waals surface area contributed by atoms with Gasteiger partial charge in [-0.1, -0.05) is 83.8 Å². The summed E-state index contributed by atoms with van der Waals surface area (Å²) in [4.78, 5) is 11.5. The smallest absolute Gasteiger partial charge is 0.309 e. The Morgan fingerprint density at radius 3 is 1.84 bits per heavy atom. The van der Waals surface area contributed by atoms with Crippen molar-refractivity contribution in [2.75, 3.05) is 12.4 Å². The van der Waals surface area contributed by atoms with E-state index in [0.29, 0.717) is 12.4 Å². The van der Waals surface area contributed by atoms with Crippen LogP contribution in [0.1, 0.15) is 104 Å². The summed E-state index contributed by atoms with van der Waals surface area (Å²) < 4.78 is 5.22. The summed E-state index contributed by atoms with van der Waals surface area (Å²) in [6.45, 7) is 4.70. The Bertz CT molecular complexity index is 315. The van der Waals surface area contributed by atoms with Crippen LogP contribution in [0, 0.1) is 5.92 Å². The van der Waals surface area contributed by atoms with Gasteiger partial charge in [0.2, 0.25) is 0 Å². The highest BCUT2D eigenvalue weighted by atomic mass is 32.1. The van der Waals surface area contributed by atoms with Crippen LogP contribution in [0.25, 0.3) is 0 Å². The molecule has 0 rings (SSSR count). The van der Waals surface area contributed by atoms with Crippen molar-refractivity contribution in [2.45, 2.75) is 104 Å². The second-order valence-corrected chi connectivity index (χ2v) is 7.55. The monoisotopic (exact) mass is 370 g/mol. The maximum atomic E-state index is 11.5. The van der Waals surface area contributed by atoms with Crippen LogP contribution in [0.5, 0.6) is 0 Å². The number of hydrogen-bond acceptors (Lipinski definition) is 3. The van der Waals surface area contributed by atoms with Crippen LogP contribution in [0.15, 0.2) is 12.2 Å². The van der Waals surface area contributed by atoms with E-state index in [4.69, 9.17) is 4.74 Å². The number of esters is 1. The van der Waals surface area contributed by atoms with Crippen molar-refractivity contribution >= 4 is 18.6 Å². The van der Waals surface area contributed by atoms with Crippen molar-refractivity contribution < 1.29 is 9.53 Å². The molecule has 1 unspecified atom stereocenters. The van der Waals surface area contributed by atoms with E-state index < -0.39 is 0 Å². The molecule has 0 N–H and O–H groups in total. The van der Waals surface area contributed by atoms with Gasteiger partial charge in [0.15, 0.2) is 0 Å². The standard InChI is InChI=1S/C22H42O2S/c1-3-4-5-6-7-8-9-10-11-12-13-14-15-16-17-18-19-24-22(23)21(2)20-25/h10-11,21,25H,3-9,12-20H2,1-2H3. The average Bonchev–Trinajstić information content (AvgIpc) is 2.63. The van der Waals surface area contributed by atoms with Crippen LogP contribution in [0.2, 0.25) is 0 Å². The highest BCUT2D eigenvalue weighted by Crippen LogP contribution is 2.10. The predicted octanol–water partition coefficient (Wildman–Crippen LogP) is 7.13. The maximum Gasteiger partial charge on any atom is 0.309 e. The van der Waals surface area contributed by atoms with Crippen molar-refractivity contribution in [2.24, 2.45) is 5.92 Å². The second-order valence-electron chi connectivity index (χ2n) is 7.19. The zero-order chi connectivity index (χ0) is 18.6. The second kappa shape index (κ2) is 19.9. The van der Waals surface area contributed by atoms with Crippen LogP contribution in [0.3, 0.4) is 0 Å². The van der Waals surface area contributed by atoms with E-state index in [1.807, 2.05) is 6.92 Å². The SMILES string of the molecule is CCCCCCCCC=CCCCCCCCCOC(=O)C(C)CS. The Balaban J connectivity index is 3.18. The molecule has 0 heterocycles. The van der Waals surface area contributed by atoms with Crippen molar-refractivity contribution in [3.63, 3.8) is 0 Å². The van der Waals surface area contributed by atoms with Gasteiger partial charge in [-0.2, -0.15) is 12.6 Å². The first-order valence-electron chi connectivity index (χ1n) is 10.6. The van der Waals surface area contributed by atoms with Crippen molar-refractivity contribution in [1.29, 1.82) is 0 Å². The van der Waals surface area contributed by atoms with Crippen molar-refractivity contribution in [1.82, 2.24) is 0 Å². The van der Waals surface area contributed by atoms with Gasteiger partial charge in [-0.3, -0.25) is 4.79 Å². The fourth-order valence-electron chi connectivity index (χ4n) is 2.74. The van der Waals surface area contributed by atoms with Gasteiger partial charge < -0.3 is 4.74 Å². The van der Waals surface area contributed by atoms with E-state index in [2.05, 4.69) is 31.7 Å². The number of hydrogen-bond donors (Lipinski definition) is 1. The molecule has 0 fully saturated rings. The van der Waals surface area contributed by atoms with Crippen molar-refractivity contribution in [3.05, 3.63) is 12.2 Å². The normalized spacial score (nSPS) is 12.6. The van der Waals surface area contributed by atoms with E-state index in [1.165, 1.54) is 77.0 Å². The molecule has 25 heavy (non-hydrogen) atoms. The largest absolute Gasteiger partial charge is 0.465 e. The lowest BCUT2D eigenvalue weighted by atomic mass is 10.1. The van der Waals surface area contributed by atoms with Crippen molar-refractivity contribution in [3.8, 4) is 0 Å². The summed E-state index contributed by atoms with van der Waals surface area (Å²) in [6.07, 6.45) is 22.9. The van der Waals surface area contributed by atoms with Gasteiger partial charge in [0, 0.05) is 5.75 Å². The molecule has 0 aromatic rings. The zero-order valence-corrected chi connectivity index (χ0v) is 17.7. The van der Waals surface area contributed by atoms with Crippen LogP contribution in [0.4, 0.5) is 0 Å². The molecule has 0 aromatic carbocycles. The predicted molar refractivity (Wildman–Crippen MR) is 113 cm³/mol. The van der Waals surface area contributed by atoms with Crippen LogP contribution < -0.4 is 0 Å². The zero-order valence-electron chi connectivity index (χ0n) is 16.8. The van der Waals surface area contributed by atoms with Gasteiger partial charge in [-0.25, -0.2) is 0 Å². The Kier molecular flexibility index (Phi) is 19.5. The third kappa shape index (κ3) is 18.2. The van der Waals surface area contributed by atoms with E-state index in [0.717, 1.165) is 12.8 Å². The lowest BCUT2D eigenvalue weighted by Crippen LogP contribution is -2.16.